The Balaban J connectivity index is 1.54. The predicted molar refractivity (Wildman–Crippen MR) is 178 cm³/mol. The number of benzene rings is 1. The van der Waals surface area contributed by atoms with Crippen molar-refractivity contribution in [2.75, 3.05) is 38.7 Å². The lowest BCUT2D eigenvalue weighted by molar-refractivity contribution is -0.160. The second-order valence-electron chi connectivity index (χ2n) is 13.6. The monoisotopic (exact) mass is 650 g/mol. The van der Waals surface area contributed by atoms with Crippen molar-refractivity contribution in [3.05, 3.63) is 40.3 Å². The van der Waals surface area contributed by atoms with Crippen molar-refractivity contribution < 1.29 is 23.8 Å². The normalized spacial score (nSPS) is 16.6. The lowest BCUT2D eigenvalue weighted by Gasteiger charge is -2.34. The van der Waals surface area contributed by atoms with Crippen LogP contribution in [0.4, 0.5) is 10.3 Å². The Morgan fingerprint density at radius 3 is 2.57 bits per heavy atom. The SMILES string of the molecule is Cc1nc2c(cc(-c3nc(N4CCC(N(C)C)CC4)ns3)n2C)c(-c2cc(F)c3c(c2C)CCCO3)c1[C@H](OC(C)(C)C)C(=O)O. The number of rotatable bonds is 7. The molecule has 1 aromatic carbocycles. The molecule has 1 atom stereocenters. The van der Waals surface area contributed by atoms with E-state index >= 15 is 4.39 Å². The molecule has 46 heavy (non-hydrogen) atoms. The number of carboxylic acid groups (broad SMARTS) is 1. The van der Waals surface area contributed by atoms with Crippen molar-refractivity contribution in [2.24, 2.45) is 7.05 Å². The largest absolute Gasteiger partial charge is 0.490 e. The van der Waals surface area contributed by atoms with E-state index in [1.165, 1.54) is 17.6 Å². The van der Waals surface area contributed by atoms with Crippen LogP contribution in [0.3, 0.4) is 0 Å². The molecule has 0 aliphatic carbocycles. The molecule has 6 rings (SSSR count). The molecule has 0 bridgehead atoms. The molecule has 1 saturated heterocycles. The molecule has 5 heterocycles. The van der Waals surface area contributed by atoms with Gasteiger partial charge in [-0.1, -0.05) is 0 Å². The maximum atomic E-state index is 15.7. The van der Waals surface area contributed by atoms with Gasteiger partial charge in [-0.2, -0.15) is 9.36 Å². The Morgan fingerprint density at radius 1 is 1.20 bits per heavy atom. The number of fused-ring (bicyclic) bond motifs is 2. The van der Waals surface area contributed by atoms with Crippen molar-refractivity contribution in [3.8, 4) is 27.6 Å². The van der Waals surface area contributed by atoms with Gasteiger partial charge in [0.15, 0.2) is 22.7 Å². The summed E-state index contributed by atoms with van der Waals surface area (Å²) in [6.07, 6.45) is 2.22. The Kier molecular flexibility index (Phi) is 8.58. The Bertz CT molecular complexity index is 1800. The van der Waals surface area contributed by atoms with Gasteiger partial charge in [-0.05, 0) is 109 Å². The minimum absolute atomic E-state index is 0.279. The highest BCUT2D eigenvalue weighted by molar-refractivity contribution is 7.09. The standard InChI is InChI=1S/C34H43FN6O4S/c1-18-21-10-9-15-44-28(21)24(35)16-22(18)27-23-17-25(31-37-33(38-46-31)41-13-11-20(12-14-41)39(6)7)40(8)30(23)36-19(2)26(27)29(32(42)43)45-34(3,4)5/h16-17,20,29H,9-15H2,1-8H3,(H,42,43)/t29-/m0/s1. The first-order valence-electron chi connectivity index (χ1n) is 15.9. The molecule has 0 radical (unpaired) electrons. The summed E-state index contributed by atoms with van der Waals surface area (Å²) >= 11 is 1.33. The average molecular weight is 651 g/mol. The number of pyridine rings is 1. The average Bonchev–Trinajstić information content (AvgIpc) is 3.62. The fraction of sp³-hybridized carbons (Fsp3) is 0.529. The minimum atomic E-state index is -1.33. The maximum absolute atomic E-state index is 15.7. The van der Waals surface area contributed by atoms with Crippen LogP contribution < -0.4 is 9.64 Å². The molecule has 2 aliphatic rings. The third-order valence-corrected chi connectivity index (χ3v) is 9.91. The van der Waals surface area contributed by atoms with Crippen LogP contribution in [0.1, 0.15) is 68.5 Å². The molecule has 0 spiro atoms. The first-order chi connectivity index (χ1) is 21.7. The lowest BCUT2D eigenvalue weighted by atomic mass is 9.86. The van der Waals surface area contributed by atoms with Crippen molar-refractivity contribution in [2.45, 2.75) is 78.0 Å². The zero-order chi connectivity index (χ0) is 33.1. The first kappa shape index (κ1) is 32.3. The third kappa shape index (κ3) is 5.86. The molecule has 3 aromatic heterocycles. The van der Waals surface area contributed by atoms with E-state index in [1.807, 2.05) is 45.4 Å². The summed E-state index contributed by atoms with van der Waals surface area (Å²) in [5.74, 6) is -0.607. The van der Waals surface area contributed by atoms with Crippen LogP contribution in [0.25, 0.3) is 32.9 Å². The molecule has 10 nitrogen and oxygen atoms in total. The number of hydrogen-bond donors (Lipinski definition) is 1. The van der Waals surface area contributed by atoms with Crippen LogP contribution >= 0.6 is 11.5 Å². The molecule has 1 fully saturated rings. The number of aliphatic carboxylic acids is 1. The second kappa shape index (κ2) is 12.2. The number of nitrogens with zero attached hydrogens (tertiary/aromatic N) is 6. The molecule has 1 N–H and O–H groups in total. The molecular formula is C34H43FN6O4S. The fourth-order valence-electron chi connectivity index (χ4n) is 6.81. The summed E-state index contributed by atoms with van der Waals surface area (Å²) in [5.41, 5.74) is 4.46. The van der Waals surface area contributed by atoms with Crippen molar-refractivity contribution in [1.82, 2.24) is 23.8 Å². The minimum Gasteiger partial charge on any atom is -0.490 e. The molecule has 246 valence electrons. The number of carboxylic acids is 1. The van der Waals surface area contributed by atoms with Crippen LogP contribution in [-0.4, -0.2) is 80.3 Å². The van der Waals surface area contributed by atoms with Gasteiger partial charge < -0.3 is 28.9 Å². The van der Waals surface area contributed by atoms with Crippen LogP contribution in [0.5, 0.6) is 5.75 Å². The summed E-state index contributed by atoms with van der Waals surface area (Å²) in [4.78, 5) is 27.3. The summed E-state index contributed by atoms with van der Waals surface area (Å²) < 4.78 is 34.4. The van der Waals surface area contributed by atoms with E-state index in [1.54, 1.807) is 6.92 Å². The molecule has 0 saturated carbocycles. The molecule has 0 unspecified atom stereocenters. The summed E-state index contributed by atoms with van der Waals surface area (Å²) in [6.45, 7) is 11.5. The lowest BCUT2D eigenvalue weighted by Crippen LogP contribution is -2.42. The van der Waals surface area contributed by atoms with E-state index in [0.717, 1.165) is 54.2 Å². The third-order valence-electron chi connectivity index (χ3n) is 9.18. The highest BCUT2D eigenvalue weighted by Crippen LogP contribution is 2.45. The zero-order valence-corrected chi connectivity index (χ0v) is 28.7. The van der Waals surface area contributed by atoms with E-state index in [-0.39, 0.29) is 5.75 Å². The summed E-state index contributed by atoms with van der Waals surface area (Å²) in [7, 11) is 6.17. The Labute approximate surface area is 273 Å². The second-order valence-corrected chi connectivity index (χ2v) is 14.4. The van der Waals surface area contributed by atoms with Gasteiger partial charge in [0, 0.05) is 53.9 Å². The molecule has 0 amide bonds. The number of hydrogen-bond acceptors (Lipinski definition) is 9. The van der Waals surface area contributed by atoms with E-state index < -0.39 is 23.5 Å². The maximum Gasteiger partial charge on any atom is 0.337 e. The number of piperidine rings is 1. The van der Waals surface area contributed by atoms with E-state index in [0.29, 0.717) is 58.4 Å². The quantitative estimate of drug-likeness (QED) is 0.246. The van der Waals surface area contributed by atoms with Crippen molar-refractivity contribution >= 4 is 34.5 Å². The Hall–Kier alpha value is -3.61. The summed E-state index contributed by atoms with van der Waals surface area (Å²) in [6, 6.07) is 4.00. The van der Waals surface area contributed by atoms with Gasteiger partial charge in [0.1, 0.15) is 5.65 Å². The molecular weight excluding hydrogens is 607 g/mol. The topological polar surface area (TPSA) is 106 Å². The number of ether oxygens (including phenoxy) is 2. The van der Waals surface area contributed by atoms with Gasteiger partial charge in [-0.25, -0.2) is 14.2 Å². The molecule has 2 aliphatic heterocycles. The van der Waals surface area contributed by atoms with Crippen LogP contribution in [0.2, 0.25) is 0 Å². The first-order valence-corrected chi connectivity index (χ1v) is 16.6. The number of aromatic nitrogens is 4. The Morgan fingerprint density at radius 2 is 1.91 bits per heavy atom. The highest BCUT2D eigenvalue weighted by Gasteiger charge is 2.35. The van der Waals surface area contributed by atoms with Crippen LogP contribution in [0.15, 0.2) is 12.1 Å². The van der Waals surface area contributed by atoms with E-state index in [4.69, 9.17) is 23.8 Å². The smallest absolute Gasteiger partial charge is 0.337 e. The van der Waals surface area contributed by atoms with Gasteiger partial charge in [-0.15, -0.1) is 0 Å². The highest BCUT2D eigenvalue weighted by atomic mass is 32.1. The molecule has 12 heteroatoms. The van der Waals surface area contributed by atoms with Gasteiger partial charge in [0.05, 0.1) is 17.9 Å². The van der Waals surface area contributed by atoms with E-state index in [9.17, 15) is 9.90 Å². The molecule has 4 aromatic rings. The van der Waals surface area contributed by atoms with Gasteiger partial charge in [-0.3, -0.25) is 0 Å². The van der Waals surface area contributed by atoms with Crippen molar-refractivity contribution in [1.29, 1.82) is 0 Å². The van der Waals surface area contributed by atoms with Gasteiger partial charge >= 0.3 is 5.97 Å². The van der Waals surface area contributed by atoms with Gasteiger partial charge in [0.2, 0.25) is 5.95 Å². The number of halogens is 1. The van der Waals surface area contributed by atoms with Gasteiger partial charge in [0.25, 0.3) is 0 Å². The fourth-order valence-corrected chi connectivity index (χ4v) is 7.54. The van der Waals surface area contributed by atoms with Crippen LogP contribution in [0, 0.1) is 19.7 Å². The number of aryl methyl sites for hydroxylation is 2. The van der Waals surface area contributed by atoms with Crippen LogP contribution in [-0.2, 0) is 23.0 Å². The van der Waals surface area contributed by atoms with E-state index in [2.05, 4.69) is 23.9 Å². The number of anilines is 1. The number of carbonyl (C=O) groups is 1. The summed E-state index contributed by atoms with van der Waals surface area (Å²) in [5, 5.41) is 11.9. The zero-order valence-electron chi connectivity index (χ0n) is 27.9. The predicted octanol–water partition coefficient (Wildman–Crippen LogP) is 6.31. The van der Waals surface area contributed by atoms with Crippen molar-refractivity contribution in [3.63, 3.8) is 0 Å².